The maximum absolute atomic E-state index is 10.2. The van der Waals surface area contributed by atoms with Crippen LogP contribution in [0.15, 0.2) is 0 Å². The zero-order chi connectivity index (χ0) is 8.10. The van der Waals surface area contributed by atoms with E-state index in [1.54, 1.807) is 0 Å². The lowest BCUT2D eigenvalue weighted by Crippen LogP contribution is -2.34. The third-order valence-corrected chi connectivity index (χ3v) is 1.90. The molecule has 11 heavy (non-hydrogen) atoms. The summed E-state index contributed by atoms with van der Waals surface area (Å²) in [7, 11) is 0. The number of carbonyl (C=O) groups is 1. The number of nitrogens with one attached hydrogen (secondary N) is 2. The molecule has 4 nitrogen and oxygen atoms in total. The van der Waals surface area contributed by atoms with Gasteiger partial charge in [-0.05, 0) is 32.4 Å². The minimum absolute atomic E-state index is 0.155. The van der Waals surface area contributed by atoms with E-state index in [0.717, 1.165) is 32.4 Å². The predicted octanol–water partition coefficient (Wildman–Crippen LogP) is 0.396. The lowest BCUT2D eigenvalue weighted by Gasteiger charge is -2.12. The van der Waals surface area contributed by atoms with Crippen molar-refractivity contribution < 1.29 is 9.90 Å². The first-order chi connectivity index (χ1) is 5.29. The van der Waals surface area contributed by atoms with Gasteiger partial charge in [-0.2, -0.15) is 0 Å². The van der Waals surface area contributed by atoms with Crippen molar-refractivity contribution in [3.8, 4) is 0 Å². The Morgan fingerprint density at radius 1 is 1.45 bits per heavy atom. The van der Waals surface area contributed by atoms with Gasteiger partial charge in [0.2, 0.25) is 0 Å². The summed E-state index contributed by atoms with van der Waals surface area (Å²) >= 11 is 0. The molecule has 0 aliphatic carbocycles. The molecular formula is C7H14N2O2. The first-order valence-corrected chi connectivity index (χ1v) is 3.99. The lowest BCUT2D eigenvalue weighted by atomic mass is 10.1. The van der Waals surface area contributed by atoms with Gasteiger partial charge in [-0.1, -0.05) is 0 Å². The van der Waals surface area contributed by atoms with Gasteiger partial charge in [0.15, 0.2) is 0 Å². The summed E-state index contributed by atoms with van der Waals surface area (Å²) in [5.74, 6) is 0. The SMILES string of the molecule is O=C(O)NC1CCCNCC1. The van der Waals surface area contributed by atoms with Crippen molar-refractivity contribution in [2.75, 3.05) is 13.1 Å². The highest BCUT2D eigenvalue weighted by Crippen LogP contribution is 2.04. The smallest absolute Gasteiger partial charge is 0.404 e. The van der Waals surface area contributed by atoms with Crippen LogP contribution < -0.4 is 10.6 Å². The Morgan fingerprint density at radius 2 is 2.27 bits per heavy atom. The molecule has 64 valence electrons. The highest BCUT2D eigenvalue weighted by molar-refractivity contribution is 5.64. The molecule has 0 spiro atoms. The van der Waals surface area contributed by atoms with Crippen LogP contribution in [0.3, 0.4) is 0 Å². The van der Waals surface area contributed by atoms with Gasteiger partial charge in [0.05, 0.1) is 0 Å². The molecule has 1 aliphatic heterocycles. The second kappa shape index (κ2) is 4.18. The van der Waals surface area contributed by atoms with Crippen molar-refractivity contribution in [3.05, 3.63) is 0 Å². The summed E-state index contributed by atoms with van der Waals surface area (Å²) in [4.78, 5) is 10.2. The summed E-state index contributed by atoms with van der Waals surface area (Å²) in [6.07, 6.45) is 2.02. The molecule has 3 N–H and O–H groups in total. The maximum Gasteiger partial charge on any atom is 0.404 e. The van der Waals surface area contributed by atoms with Crippen molar-refractivity contribution in [1.82, 2.24) is 10.6 Å². The fraction of sp³-hybridized carbons (Fsp3) is 0.857. The van der Waals surface area contributed by atoms with E-state index in [9.17, 15) is 4.79 Å². The molecule has 0 aromatic carbocycles. The molecule has 0 aromatic rings. The number of hydrogen-bond donors (Lipinski definition) is 3. The van der Waals surface area contributed by atoms with Gasteiger partial charge < -0.3 is 15.7 Å². The third kappa shape index (κ3) is 3.23. The minimum atomic E-state index is -0.906. The zero-order valence-electron chi connectivity index (χ0n) is 6.47. The van der Waals surface area contributed by atoms with E-state index in [2.05, 4.69) is 10.6 Å². The Kier molecular flexibility index (Phi) is 3.16. The monoisotopic (exact) mass is 158 g/mol. The van der Waals surface area contributed by atoms with Crippen LogP contribution in [0.2, 0.25) is 0 Å². The van der Waals surface area contributed by atoms with Crippen LogP contribution >= 0.6 is 0 Å². The molecule has 1 fully saturated rings. The molecular weight excluding hydrogens is 144 g/mol. The van der Waals surface area contributed by atoms with Crippen LogP contribution in [0, 0.1) is 0 Å². The summed E-state index contributed by atoms with van der Waals surface area (Å²) in [5, 5.41) is 14.1. The molecule has 1 heterocycles. The highest BCUT2D eigenvalue weighted by atomic mass is 16.4. The largest absolute Gasteiger partial charge is 0.465 e. The Balaban J connectivity index is 2.25. The highest BCUT2D eigenvalue weighted by Gasteiger charge is 2.12. The Labute approximate surface area is 66.0 Å². The molecule has 1 saturated heterocycles. The lowest BCUT2D eigenvalue weighted by molar-refractivity contribution is 0.188. The van der Waals surface area contributed by atoms with Crippen LogP contribution in [0.4, 0.5) is 4.79 Å². The first-order valence-electron chi connectivity index (χ1n) is 3.99. The Morgan fingerprint density at radius 3 is 3.00 bits per heavy atom. The van der Waals surface area contributed by atoms with Crippen LogP contribution in [0.1, 0.15) is 19.3 Å². The number of hydrogen-bond acceptors (Lipinski definition) is 2. The molecule has 1 amide bonds. The van der Waals surface area contributed by atoms with Crippen molar-refractivity contribution in [2.45, 2.75) is 25.3 Å². The second-order valence-electron chi connectivity index (χ2n) is 2.83. The molecule has 1 unspecified atom stereocenters. The minimum Gasteiger partial charge on any atom is -0.465 e. The van der Waals surface area contributed by atoms with Crippen LogP contribution in [0.25, 0.3) is 0 Å². The van der Waals surface area contributed by atoms with E-state index in [-0.39, 0.29) is 6.04 Å². The summed E-state index contributed by atoms with van der Waals surface area (Å²) in [6, 6.07) is 0.155. The Bertz CT molecular complexity index is 130. The van der Waals surface area contributed by atoms with Gasteiger partial charge in [0.25, 0.3) is 0 Å². The molecule has 1 rings (SSSR count). The second-order valence-corrected chi connectivity index (χ2v) is 2.83. The third-order valence-electron chi connectivity index (χ3n) is 1.90. The number of amides is 1. The normalized spacial score (nSPS) is 25.6. The average molecular weight is 158 g/mol. The topological polar surface area (TPSA) is 61.4 Å². The first kappa shape index (κ1) is 8.33. The van der Waals surface area contributed by atoms with Crippen LogP contribution in [-0.4, -0.2) is 30.3 Å². The number of rotatable bonds is 1. The molecule has 1 aliphatic rings. The average Bonchev–Trinajstić information content (AvgIpc) is 2.14. The van der Waals surface area contributed by atoms with E-state index in [4.69, 9.17) is 5.11 Å². The summed E-state index contributed by atoms with van der Waals surface area (Å²) in [5.41, 5.74) is 0. The fourth-order valence-corrected chi connectivity index (χ4v) is 1.34. The van der Waals surface area contributed by atoms with Crippen molar-refractivity contribution in [3.63, 3.8) is 0 Å². The summed E-state index contributed by atoms with van der Waals surface area (Å²) in [6.45, 7) is 1.93. The van der Waals surface area contributed by atoms with Crippen LogP contribution in [-0.2, 0) is 0 Å². The predicted molar refractivity (Wildman–Crippen MR) is 41.7 cm³/mol. The maximum atomic E-state index is 10.2. The van der Waals surface area contributed by atoms with Gasteiger partial charge in [-0.15, -0.1) is 0 Å². The van der Waals surface area contributed by atoms with E-state index in [1.807, 2.05) is 0 Å². The molecule has 4 heteroatoms. The van der Waals surface area contributed by atoms with Gasteiger partial charge in [-0.25, -0.2) is 4.79 Å². The van der Waals surface area contributed by atoms with Gasteiger partial charge in [0, 0.05) is 6.04 Å². The molecule has 0 saturated carbocycles. The Hall–Kier alpha value is -0.770. The molecule has 0 aromatic heterocycles. The van der Waals surface area contributed by atoms with Crippen LogP contribution in [0.5, 0.6) is 0 Å². The quantitative estimate of drug-likeness (QED) is 0.517. The van der Waals surface area contributed by atoms with E-state index < -0.39 is 6.09 Å². The zero-order valence-corrected chi connectivity index (χ0v) is 6.47. The van der Waals surface area contributed by atoms with Gasteiger partial charge in [-0.3, -0.25) is 0 Å². The molecule has 0 bridgehead atoms. The van der Waals surface area contributed by atoms with Gasteiger partial charge in [0.1, 0.15) is 0 Å². The standard InChI is InChI=1S/C7H14N2O2/c10-7(11)9-6-2-1-4-8-5-3-6/h6,8-9H,1-5H2,(H,10,11). The van der Waals surface area contributed by atoms with Crippen molar-refractivity contribution in [1.29, 1.82) is 0 Å². The molecule has 1 atom stereocenters. The van der Waals surface area contributed by atoms with Gasteiger partial charge >= 0.3 is 6.09 Å². The molecule has 0 radical (unpaired) electrons. The van der Waals surface area contributed by atoms with Crippen molar-refractivity contribution in [2.24, 2.45) is 0 Å². The van der Waals surface area contributed by atoms with E-state index in [0.29, 0.717) is 0 Å². The number of carboxylic acid groups (broad SMARTS) is 1. The summed E-state index contributed by atoms with van der Waals surface area (Å²) < 4.78 is 0. The van der Waals surface area contributed by atoms with E-state index >= 15 is 0 Å². The van der Waals surface area contributed by atoms with Crippen molar-refractivity contribution >= 4 is 6.09 Å². The van der Waals surface area contributed by atoms with E-state index in [1.165, 1.54) is 0 Å². The fourth-order valence-electron chi connectivity index (χ4n) is 1.34.